The fraction of sp³-hybridized carbons (Fsp3) is 0. The normalized spacial score (nSPS) is 11.2. The number of fused-ring (bicyclic) bond motifs is 3. The number of H-pyrrole nitrogens is 1. The molecule has 1 aromatic heterocycles. The van der Waals surface area contributed by atoms with Gasteiger partial charge in [0.05, 0.1) is 11.2 Å². The van der Waals surface area contributed by atoms with Crippen molar-refractivity contribution >= 4 is 38.9 Å². The molecule has 0 aliphatic heterocycles. The van der Waals surface area contributed by atoms with Gasteiger partial charge in [-0.05, 0) is 35.9 Å². The van der Waals surface area contributed by atoms with Crippen LogP contribution in [0.3, 0.4) is 0 Å². The van der Waals surface area contributed by atoms with E-state index in [9.17, 15) is 0 Å². The van der Waals surface area contributed by atoms with Gasteiger partial charge in [0.15, 0.2) is 0 Å². The second-order valence-corrected chi connectivity index (χ2v) is 9.47. The van der Waals surface area contributed by atoms with Gasteiger partial charge in [-0.15, -0.1) is 0 Å². The number of anilines is 3. The van der Waals surface area contributed by atoms with Crippen molar-refractivity contribution in [1.82, 2.24) is 4.98 Å². The number of hydrogen-bond acceptors (Lipinski definition) is 1. The van der Waals surface area contributed by atoms with Gasteiger partial charge in [0.2, 0.25) is 0 Å². The standard InChI is InChI=1S/C36H26N2/c1-4-14-26(15-5-1)29-21-12-24-33(32-23-13-22-31-30-20-10-11-25-34(30)37-35(31)32)36(29)38(27-16-6-2-7-17-27)28-18-8-3-9-19-28/h1-25,37H. The van der Waals surface area contributed by atoms with E-state index in [0.717, 1.165) is 28.1 Å². The third-order valence-electron chi connectivity index (χ3n) is 7.20. The van der Waals surface area contributed by atoms with E-state index in [4.69, 9.17) is 0 Å². The smallest absolute Gasteiger partial charge is 0.0619 e. The summed E-state index contributed by atoms with van der Waals surface area (Å²) in [5.41, 5.74) is 10.4. The first-order chi connectivity index (χ1) is 18.9. The minimum atomic E-state index is 1.12. The van der Waals surface area contributed by atoms with Crippen LogP contribution in [0.15, 0.2) is 152 Å². The zero-order chi connectivity index (χ0) is 25.3. The Bertz CT molecular complexity index is 1810. The maximum absolute atomic E-state index is 3.73. The number of para-hydroxylation sites is 5. The van der Waals surface area contributed by atoms with Crippen LogP contribution < -0.4 is 4.90 Å². The molecule has 1 heterocycles. The zero-order valence-electron chi connectivity index (χ0n) is 20.9. The van der Waals surface area contributed by atoms with E-state index in [2.05, 4.69) is 162 Å². The molecule has 0 saturated carbocycles. The molecule has 2 heteroatoms. The van der Waals surface area contributed by atoms with E-state index >= 15 is 0 Å². The summed E-state index contributed by atoms with van der Waals surface area (Å²) in [5, 5.41) is 2.48. The lowest BCUT2D eigenvalue weighted by molar-refractivity contribution is 1.28. The highest BCUT2D eigenvalue weighted by molar-refractivity contribution is 6.13. The summed E-state index contributed by atoms with van der Waals surface area (Å²) in [6, 6.07) is 53.8. The lowest BCUT2D eigenvalue weighted by atomic mass is 9.93. The molecule has 6 aromatic carbocycles. The number of aromatic nitrogens is 1. The van der Waals surface area contributed by atoms with Gasteiger partial charge in [0.25, 0.3) is 0 Å². The molecule has 0 atom stereocenters. The number of nitrogens with one attached hydrogen (secondary N) is 1. The third kappa shape index (κ3) is 3.75. The summed E-state index contributed by atoms with van der Waals surface area (Å²) in [5.74, 6) is 0. The van der Waals surface area contributed by atoms with Crippen LogP contribution in [0.25, 0.3) is 44.1 Å². The minimum absolute atomic E-state index is 1.12. The fourth-order valence-corrected chi connectivity index (χ4v) is 5.51. The predicted molar refractivity (Wildman–Crippen MR) is 161 cm³/mol. The molecular weight excluding hydrogens is 460 g/mol. The van der Waals surface area contributed by atoms with E-state index in [1.165, 1.54) is 33.0 Å². The minimum Gasteiger partial charge on any atom is -0.354 e. The maximum atomic E-state index is 3.73. The SMILES string of the molecule is c1ccc(-c2cccc(-c3cccc4c3[nH]c3ccccc34)c2N(c2ccccc2)c2ccccc2)cc1. The molecule has 0 amide bonds. The van der Waals surface area contributed by atoms with Crippen molar-refractivity contribution in [3.8, 4) is 22.3 Å². The topological polar surface area (TPSA) is 19.0 Å². The highest BCUT2D eigenvalue weighted by Gasteiger charge is 2.22. The van der Waals surface area contributed by atoms with Crippen molar-refractivity contribution in [1.29, 1.82) is 0 Å². The fourth-order valence-electron chi connectivity index (χ4n) is 5.51. The Morgan fingerprint density at radius 1 is 0.395 bits per heavy atom. The molecule has 1 N–H and O–H groups in total. The number of hydrogen-bond donors (Lipinski definition) is 1. The van der Waals surface area contributed by atoms with Gasteiger partial charge in [-0.3, -0.25) is 0 Å². The van der Waals surface area contributed by atoms with E-state index < -0.39 is 0 Å². The van der Waals surface area contributed by atoms with Gasteiger partial charge in [-0.2, -0.15) is 0 Å². The third-order valence-corrected chi connectivity index (χ3v) is 7.20. The van der Waals surface area contributed by atoms with Crippen LogP contribution in [-0.4, -0.2) is 4.98 Å². The summed E-state index contributed by atoms with van der Waals surface area (Å²) in [4.78, 5) is 6.12. The van der Waals surface area contributed by atoms with Crippen LogP contribution in [0.1, 0.15) is 0 Å². The van der Waals surface area contributed by atoms with Crippen molar-refractivity contribution in [2.75, 3.05) is 4.90 Å². The quantitative estimate of drug-likeness (QED) is 0.256. The van der Waals surface area contributed by atoms with Crippen molar-refractivity contribution in [3.05, 3.63) is 152 Å². The molecule has 2 nitrogen and oxygen atoms in total. The predicted octanol–water partition coefficient (Wildman–Crippen LogP) is 10.1. The van der Waals surface area contributed by atoms with Crippen LogP contribution in [0.5, 0.6) is 0 Å². The lowest BCUT2D eigenvalue weighted by Gasteiger charge is -2.30. The van der Waals surface area contributed by atoms with E-state index in [0.29, 0.717) is 0 Å². The second-order valence-electron chi connectivity index (χ2n) is 9.47. The lowest BCUT2D eigenvalue weighted by Crippen LogP contribution is -2.12. The average molecular weight is 487 g/mol. The molecule has 0 spiro atoms. The maximum Gasteiger partial charge on any atom is 0.0619 e. The molecule has 180 valence electrons. The number of benzene rings is 6. The highest BCUT2D eigenvalue weighted by Crippen LogP contribution is 2.47. The van der Waals surface area contributed by atoms with Gasteiger partial charge < -0.3 is 9.88 Å². The van der Waals surface area contributed by atoms with E-state index in [1.807, 2.05) is 0 Å². The molecule has 0 fully saturated rings. The van der Waals surface area contributed by atoms with E-state index in [1.54, 1.807) is 0 Å². The molecule has 7 aromatic rings. The molecule has 0 aliphatic rings. The highest BCUT2D eigenvalue weighted by atomic mass is 15.1. The second kappa shape index (κ2) is 9.42. The molecule has 0 unspecified atom stereocenters. The van der Waals surface area contributed by atoms with Crippen LogP contribution in [0, 0.1) is 0 Å². The summed E-state index contributed by atoms with van der Waals surface area (Å²) in [7, 11) is 0. The van der Waals surface area contributed by atoms with Gasteiger partial charge >= 0.3 is 0 Å². The van der Waals surface area contributed by atoms with Crippen LogP contribution in [0.4, 0.5) is 17.1 Å². The summed E-state index contributed by atoms with van der Waals surface area (Å²) >= 11 is 0. The van der Waals surface area contributed by atoms with Gasteiger partial charge in [0, 0.05) is 44.4 Å². The van der Waals surface area contributed by atoms with Crippen molar-refractivity contribution in [2.45, 2.75) is 0 Å². The van der Waals surface area contributed by atoms with Crippen molar-refractivity contribution in [3.63, 3.8) is 0 Å². The first-order valence-corrected chi connectivity index (χ1v) is 13.0. The first kappa shape index (κ1) is 22.1. The number of rotatable bonds is 5. The number of aromatic amines is 1. The van der Waals surface area contributed by atoms with Crippen LogP contribution in [-0.2, 0) is 0 Å². The Hall–Kier alpha value is -5.08. The molecule has 38 heavy (non-hydrogen) atoms. The Labute approximate surface area is 222 Å². The number of nitrogens with zero attached hydrogens (tertiary/aromatic N) is 1. The van der Waals surface area contributed by atoms with Crippen LogP contribution in [0.2, 0.25) is 0 Å². The first-order valence-electron chi connectivity index (χ1n) is 13.0. The van der Waals surface area contributed by atoms with Crippen molar-refractivity contribution in [2.24, 2.45) is 0 Å². The largest absolute Gasteiger partial charge is 0.354 e. The van der Waals surface area contributed by atoms with Gasteiger partial charge in [-0.25, -0.2) is 0 Å². The molecule has 0 aliphatic carbocycles. The molecule has 0 bridgehead atoms. The van der Waals surface area contributed by atoms with Crippen molar-refractivity contribution < 1.29 is 0 Å². The molecule has 7 rings (SSSR count). The monoisotopic (exact) mass is 486 g/mol. The zero-order valence-corrected chi connectivity index (χ0v) is 20.9. The Kier molecular flexibility index (Phi) is 5.49. The van der Waals surface area contributed by atoms with Gasteiger partial charge in [0.1, 0.15) is 0 Å². The molecule has 0 radical (unpaired) electrons. The molecule has 0 saturated heterocycles. The Morgan fingerprint density at radius 3 is 1.63 bits per heavy atom. The summed E-state index contributed by atoms with van der Waals surface area (Å²) in [6.07, 6.45) is 0. The van der Waals surface area contributed by atoms with E-state index in [-0.39, 0.29) is 0 Å². The summed E-state index contributed by atoms with van der Waals surface area (Å²) in [6.45, 7) is 0. The summed E-state index contributed by atoms with van der Waals surface area (Å²) < 4.78 is 0. The molecular formula is C36H26N2. The van der Waals surface area contributed by atoms with Gasteiger partial charge in [-0.1, -0.05) is 121 Å². The Morgan fingerprint density at radius 2 is 0.921 bits per heavy atom. The Balaban J connectivity index is 1.59. The van der Waals surface area contributed by atoms with Crippen LogP contribution >= 0.6 is 0 Å². The average Bonchev–Trinajstić information content (AvgIpc) is 3.38.